The molecule has 1 aromatic heterocycles. The molecule has 0 atom stereocenters. The third kappa shape index (κ3) is 0.753. The van der Waals surface area contributed by atoms with E-state index in [1.54, 1.807) is 0 Å². The molecule has 10 heavy (non-hydrogen) atoms. The van der Waals surface area contributed by atoms with Gasteiger partial charge in [-0.3, -0.25) is 0 Å². The second kappa shape index (κ2) is 2.11. The summed E-state index contributed by atoms with van der Waals surface area (Å²) in [4.78, 5) is 11.0. The Balaban J connectivity index is 3.07. The SMILES string of the molecule is O=c1[se][nH]c2ccccc12. The first-order chi connectivity index (χ1) is 4.88. The van der Waals surface area contributed by atoms with Crippen molar-refractivity contribution in [2.45, 2.75) is 0 Å². The molecule has 3 heteroatoms. The summed E-state index contributed by atoms with van der Waals surface area (Å²) >= 11 is -0.0519. The molecule has 1 heterocycles. The van der Waals surface area contributed by atoms with Gasteiger partial charge in [-0.25, -0.2) is 0 Å². The zero-order chi connectivity index (χ0) is 6.97. The Kier molecular flexibility index (Phi) is 1.26. The van der Waals surface area contributed by atoms with E-state index in [2.05, 4.69) is 3.98 Å². The Bertz CT molecular complexity index is 401. The van der Waals surface area contributed by atoms with Gasteiger partial charge in [0, 0.05) is 0 Å². The molecule has 0 aliphatic rings. The van der Waals surface area contributed by atoms with Gasteiger partial charge in [0.15, 0.2) is 0 Å². The number of nitrogens with one attached hydrogen (secondary N) is 1. The minimum absolute atomic E-state index is 0.0519. The molecule has 1 aromatic carbocycles. The minimum atomic E-state index is -0.0519. The van der Waals surface area contributed by atoms with Crippen LogP contribution in [0, 0.1) is 0 Å². The van der Waals surface area contributed by atoms with E-state index in [9.17, 15) is 4.79 Å². The van der Waals surface area contributed by atoms with Crippen molar-refractivity contribution >= 4 is 25.6 Å². The zero-order valence-corrected chi connectivity index (χ0v) is 6.84. The van der Waals surface area contributed by atoms with Crippen molar-refractivity contribution in [1.29, 1.82) is 0 Å². The Labute approximate surface area is 63.5 Å². The molecule has 0 bridgehead atoms. The van der Waals surface area contributed by atoms with Crippen molar-refractivity contribution < 1.29 is 0 Å². The van der Waals surface area contributed by atoms with Crippen LogP contribution in [0.1, 0.15) is 0 Å². The summed E-state index contributed by atoms with van der Waals surface area (Å²) in [6.07, 6.45) is 0. The van der Waals surface area contributed by atoms with E-state index >= 15 is 0 Å². The fraction of sp³-hybridized carbons (Fsp3) is 0. The number of fused-ring (bicyclic) bond motifs is 1. The molecule has 0 saturated heterocycles. The molecule has 0 amide bonds. The fourth-order valence-electron chi connectivity index (χ4n) is 0.906. The monoisotopic (exact) mass is 199 g/mol. The summed E-state index contributed by atoms with van der Waals surface area (Å²) in [5, 5.41) is 0.850. The van der Waals surface area contributed by atoms with Crippen LogP contribution >= 0.6 is 0 Å². The summed E-state index contributed by atoms with van der Waals surface area (Å²) < 4.78 is 3.32. The maximum atomic E-state index is 11.0. The summed E-state index contributed by atoms with van der Waals surface area (Å²) in [6, 6.07) is 7.61. The average Bonchev–Trinajstić information content (AvgIpc) is 2.34. The van der Waals surface area contributed by atoms with Gasteiger partial charge in [-0.15, -0.1) is 0 Å². The van der Waals surface area contributed by atoms with Crippen molar-refractivity contribution in [3.63, 3.8) is 0 Å². The standard InChI is InChI=1S/C7H5NOSe/c9-7-5-3-1-2-4-6(5)8-10-7/h1-4,8H. The summed E-state index contributed by atoms with van der Waals surface area (Å²) in [7, 11) is 0. The van der Waals surface area contributed by atoms with E-state index in [0.29, 0.717) is 0 Å². The first-order valence-electron chi connectivity index (χ1n) is 2.94. The number of H-pyrrole nitrogens is 1. The number of hydrogen-bond acceptors (Lipinski definition) is 1. The van der Waals surface area contributed by atoms with E-state index in [1.165, 1.54) is 0 Å². The van der Waals surface area contributed by atoms with E-state index in [4.69, 9.17) is 0 Å². The number of aromatic nitrogens is 1. The van der Waals surface area contributed by atoms with E-state index in [0.717, 1.165) is 10.9 Å². The van der Waals surface area contributed by atoms with Crippen LogP contribution in [0.2, 0.25) is 0 Å². The average molecular weight is 198 g/mol. The van der Waals surface area contributed by atoms with Crippen LogP contribution in [0.4, 0.5) is 0 Å². The van der Waals surface area contributed by atoms with Crippen LogP contribution in [-0.2, 0) is 0 Å². The van der Waals surface area contributed by atoms with Gasteiger partial charge < -0.3 is 0 Å². The van der Waals surface area contributed by atoms with Gasteiger partial charge in [0.2, 0.25) is 0 Å². The van der Waals surface area contributed by atoms with E-state index in [1.807, 2.05) is 24.3 Å². The van der Waals surface area contributed by atoms with Gasteiger partial charge in [-0.05, 0) is 0 Å². The molecule has 0 spiro atoms. The van der Waals surface area contributed by atoms with Crippen molar-refractivity contribution in [1.82, 2.24) is 3.98 Å². The Morgan fingerprint density at radius 1 is 1.30 bits per heavy atom. The van der Waals surface area contributed by atoms with E-state index < -0.39 is 0 Å². The molecule has 0 unspecified atom stereocenters. The predicted octanol–water partition coefficient (Wildman–Crippen LogP) is 0.585. The third-order valence-electron chi connectivity index (χ3n) is 1.40. The molecule has 0 fully saturated rings. The summed E-state index contributed by atoms with van der Waals surface area (Å²) in [6.45, 7) is 0. The Morgan fingerprint density at radius 3 is 2.90 bits per heavy atom. The molecule has 1 N–H and O–H groups in total. The van der Waals surface area contributed by atoms with Gasteiger partial charge in [-0.2, -0.15) is 0 Å². The van der Waals surface area contributed by atoms with Gasteiger partial charge >= 0.3 is 63.0 Å². The topological polar surface area (TPSA) is 32.9 Å². The molecule has 50 valence electrons. The van der Waals surface area contributed by atoms with Crippen LogP contribution < -0.4 is 4.30 Å². The van der Waals surface area contributed by atoms with Crippen LogP contribution in [-0.4, -0.2) is 18.7 Å². The number of rotatable bonds is 0. The molecule has 0 aliphatic heterocycles. The van der Waals surface area contributed by atoms with Crippen molar-refractivity contribution in [2.75, 3.05) is 0 Å². The molecule has 2 nitrogen and oxygen atoms in total. The van der Waals surface area contributed by atoms with Crippen molar-refractivity contribution in [3.05, 3.63) is 33.4 Å². The maximum absolute atomic E-state index is 11.0. The summed E-state index contributed by atoms with van der Waals surface area (Å²) in [5.74, 6) is 0. The van der Waals surface area contributed by atoms with Crippen LogP contribution in [0.15, 0.2) is 29.1 Å². The van der Waals surface area contributed by atoms with Gasteiger partial charge in [0.25, 0.3) is 0 Å². The Morgan fingerprint density at radius 2 is 2.10 bits per heavy atom. The molecule has 0 saturated carbocycles. The second-order valence-electron chi connectivity index (χ2n) is 2.04. The number of benzene rings is 1. The van der Waals surface area contributed by atoms with Gasteiger partial charge in [-0.1, -0.05) is 0 Å². The third-order valence-corrected chi connectivity index (χ3v) is 2.93. The Hall–Kier alpha value is -0.791. The van der Waals surface area contributed by atoms with Crippen LogP contribution in [0.25, 0.3) is 10.9 Å². The predicted molar refractivity (Wildman–Crippen MR) is 41.5 cm³/mol. The second-order valence-corrected chi connectivity index (χ2v) is 3.67. The number of aromatic amines is 1. The zero-order valence-electron chi connectivity index (χ0n) is 5.13. The molecule has 2 rings (SSSR count). The molecule has 0 aliphatic carbocycles. The quantitative estimate of drug-likeness (QED) is 0.617. The molecule has 0 radical (unpaired) electrons. The fourth-order valence-corrected chi connectivity index (χ4v) is 2.31. The first-order valence-corrected chi connectivity index (χ1v) is 4.65. The first kappa shape index (κ1) is 5.95. The van der Waals surface area contributed by atoms with Crippen molar-refractivity contribution in [2.24, 2.45) is 0 Å². The summed E-state index contributed by atoms with van der Waals surface area (Å²) in [5.41, 5.74) is 0.993. The molecular formula is C7H5NOSe. The van der Waals surface area contributed by atoms with Gasteiger partial charge in [0.05, 0.1) is 0 Å². The molecule has 2 aromatic rings. The van der Waals surface area contributed by atoms with Crippen LogP contribution in [0.5, 0.6) is 0 Å². The normalized spacial score (nSPS) is 10.4. The molecular weight excluding hydrogens is 193 g/mol. The number of hydrogen-bond donors (Lipinski definition) is 1. The van der Waals surface area contributed by atoms with Crippen LogP contribution in [0.3, 0.4) is 0 Å². The van der Waals surface area contributed by atoms with Gasteiger partial charge in [0.1, 0.15) is 0 Å². The van der Waals surface area contributed by atoms with E-state index in [-0.39, 0.29) is 19.0 Å². The number of para-hydroxylation sites is 1. The van der Waals surface area contributed by atoms with Crippen molar-refractivity contribution in [3.8, 4) is 0 Å².